The van der Waals surface area contributed by atoms with E-state index in [0.717, 1.165) is 17.7 Å². The molecule has 4 atom stereocenters. The highest BCUT2D eigenvalue weighted by atomic mass is 32.2. The highest BCUT2D eigenvalue weighted by molar-refractivity contribution is 7.93. The zero-order chi connectivity index (χ0) is 24.1. The summed E-state index contributed by atoms with van der Waals surface area (Å²) in [4.78, 5) is 8.79. The molecule has 2 aliphatic rings. The largest absolute Gasteiger partial charge is 0.472 e. The number of nitrogen functional groups attached to an aromatic ring is 1. The normalized spacial score (nSPS) is 23.6. The number of ether oxygens (including phenoxy) is 2. The Morgan fingerprint density at radius 3 is 2.66 bits per heavy atom. The highest BCUT2D eigenvalue weighted by Gasteiger charge is 2.47. The number of benzene rings is 1. The number of hydrogen-bond donors (Lipinski definition) is 2. The van der Waals surface area contributed by atoms with Crippen LogP contribution < -0.4 is 10.5 Å². The van der Waals surface area contributed by atoms with Crippen LogP contribution in [0.2, 0.25) is 0 Å². The molecule has 0 amide bonds. The first kappa shape index (κ1) is 22.3. The molecule has 6 rings (SSSR count). The second kappa shape index (κ2) is 8.78. The Labute approximate surface area is 204 Å². The van der Waals surface area contributed by atoms with Crippen molar-refractivity contribution in [3.05, 3.63) is 60.5 Å². The third-order valence-corrected chi connectivity index (χ3v) is 7.29. The SMILES string of the molecule is Nc1ccc(-c2ccc(-c3nc4cc(O[C@@H]5CCC6[C@H](O)CO[C@@H]65)n(SF)c4cc3F)cc2)nc1. The van der Waals surface area contributed by atoms with Crippen molar-refractivity contribution in [3.63, 3.8) is 0 Å². The van der Waals surface area contributed by atoms with Crippen molar-refractivity contribution < 1.29 is 22.9 Å². The molecule has 1 aliphatic carbocycles. The van der Waals surface area contributed by atoms with E-state index in [9.17, 15) is 8.99 Å². The number of nitrogens with two attached hydrogens (primary N) is 1. The second-order valence-electron chi connectivity index (χ2n) is 8.89. The fraction of sp³-hybridized carbons (Fsp3) is 0.280. The van der Waals surface area contributed by atoms with Crippen LogP contribution in [-0.2, 0) is 4.74 Å². The number of anilines is 1. The molecule has 0 spiro atoms. The Balaban J connectivity index is 1.31. The van der Waals surface area contributed by atoms with E-state index in [4.69, 9.17) is 15.2 Å². The van der Waals surface area contributed by atoms with E-state index in [1.165, 1.54) is 10.0 Å². The molecule has 180 valence electrons. The number of hydrogen-bond acceptors (Lipinski definition) is 7. The molecule has 35 heavy (non-hydrogen) atoms. The van der Waals surface area contributed by atoms with Crippen molar-refractivity contribution >= 4 is 29.1 Å². The Morgan fingerprint density at radius 1 is 1.11 bits per heavy atom. The van der Waals surface area contributed by atoms with Gasteiger partial charge in [0.2, 0.25) is 5.88 Å². The van der Waals surface area contributed by atoms with Gasteiger partial charge in [0.15, 0.2) is 18.2 Å². The summed E-state index contributed by atoms with van der Waals surface area (Å²) in [6, 6.07) is 13.7. The van der Waals surface area contributed by atoms with Crippen LogP contribution >= 0.6 is 12.3 Å². The fourth-order valence-electron chi connectivity index (χ4n) is 5.00. The lowest BCUT2D eigenvalue weighted by Crippen LogP contribution is -2.30. The van der Waals surface area contributed by atoms with Gasteiger partial charge in [0, 0.05) is 29.2 Å². The van der Waals surface area contributed by atoms with Gasteiger partial charge in [-0.25, -0.2) is 13.3 Å². The number of halogens is 2. The Morgan fingerprint density at radius 2 is 1.91 bits per heavy atom. The number of aromatic nitrogens is 3. The van der Waals surface area contributed by atoms with Gasteiger partial charge < -0.3 is 20.3 Å². The minimum Gasteiger partial charge on any atom is -0.472 e. The third kappa shape index (κ3) is 3.91. The molecule has 1 aliphatic heterocycles. The van der Waals surface area contributed by atoms with E-state index >= 15 is 4.39 Å². The minimum atomic E-state index is -0.570. The number of fused-ring (bicyclic) bond motifs is 2. The summed E-state index contributed by atoms with van der Waals surface area (Å²) in [5, 5.41) is 10.1. The summed E-state index contributed by atoms with van der Waals surface area (Å²) in [6.07, 6.45) is 1.99. The summed E-state index contributed by atoms with van der Waals surface area (Å²) in [6.45, 7) is 0.277. The highest BCUT2D eigenvalue weighted by Crippen LogP contribution is 2.40. The van der Waals surface area contributed by atoms with Crippen molar-refractivity contribution in [2.24, 2.45) is 5.92 Å². The predicted octanol–water partition coefficient (Wildman–Crippen LogP) is 4.78. The number of nitrogens with zero attached hydrogens (tertiary/aromatic N) is 3. The van der Waals surface area contributed by atoms with Gasteiger partial charge in [0.1, 0.15) is 11.8 Å². The molecule has 10 heteroatoms. The topological polar surface area (TPSA) is 95.4 Å². The number of aliphatic hydroxyl groups excluding tert-OH is 1. The molecule has 3 N–H and O–H groups in total. The van der Waals surface area contributed by atoms with Crippen LogP contribution in [0.1, 0.15) is 12.8 Å². The molecule has 4 aromatic rings. The van der Waals surface area contributed by atoms with E-state index in [1.54, 1.807) is 30.5 Å². The maximum atomic E-state index is 15.1. The first-order valence-corrected chi connectivity index (χ1v) is 12.0. The van der Waals surface area contributed by atoms with Crippen LogP contribution in [0.25, 0.3) is 33.5 Å². The first-order valence-electron chi connectivity index (χ1n) is 11.3. The maximum absolute atomic E-state index is 15.1. The van der Waals surface area contributed by atoms with Crippen molar-refractivity contribution in [2.75, 3.05) is 12.3 Å². The average molecular weight is 497 g/mol. The number of rotatable bonds is 5. The van der Waals surface area contributed by atoms with E-state index in [1.807, 2.05) is 18.2 Å². The quantitative estimate of drug-likeness (QED) is 0.410. The van der Waals surface area contributed by atoms with Gasteiger partial charge in [0.05, 0.1) is 47.4 Å². The van der Waals surface area contributed by atoms with Crippen molar-refractivity contribution in [1.29, 1.82) is 0 Å². The minimum absolute atomic E-state index is 0.0180. The van der Waals surface area contributed by atoms with Gasteiger partial charge in [-0.05, 0) is 25.0 Å². The molecular formula is C25H22F2N4O3S. The van der Waals surface area contributed by atoms with Crippen LogP contribution in [0, 0.1) is 11.7 Å². The molecule has 0 radical (unpaired) electrons. The van der Waals surface area contributed by atoms with Crippen molar-refractivity contribution in [2.45, 2.75) is 31.2 Å². The maximum Gasteiger partial charge on any atom is 0.208 e. The number of aliphatic hydroxyl groups is 1. The molecule has 4 heterocycles. The summed E-state index contributed by atoms with van der Waals surface area (Å²) in [5.74, 6) is -0.319. The Bertz CT molecular complexity index is 1380. The Hall–Kier alpha value is -3.21. The molecule has 7 nitrogen and oxygen atoms in total. The summed E-state index contributed by atoms with van der Waals surface area (Å²) in [5.41, 5.74) is 9.31. The van der Waals surface area contributed by atoms with Crippen LogP contribution in [0.15, 0.2) is 54.7 Å². The van der Waals surface area contributed by atoms with E-state index in [0.29, 0.717) is 23.2 Å². The molecule has 1 aromatic carbocycles. The second-order valence-corrected chi connectivity index (χ2v) is 9.39. The molecule has 1 saturated carbocycles. The van der Waals surface area contributed by atoms with E-state index in [2.05, 4.69) is 9.97 Å². The standard InChI is InChI=1S/C25H22F2N4O3S/c26-17-9-20-19(10-23(31(20)35-27)34-22-8-6-16-21(32)12-33-25(16)22)30-24(17)14-3-1-13(2-4-14)18-7-5-15(28)11-29-18/h1-5,7,9-11,16,21-22,25,32H,6,8,12,28H2/t16?,21-,22-,25+/m1/s1. The molecule has 3 aromatic heterocycles. The van der Waals surface area contributed by atoms with E-state index in [-0.39, 0.29) is 54.2 Å². The van der Waals surface area contributed by atoms with Crippen LogP contribution in [-0.4, -0.2) is 44.0 Å². The lowest BCUT2D eigenvalue weighted by atomic mass is 10.0. The van der Waals surface area contributed by atoms with Gasteiger partial charge in [0.25, 0.3) is 0 Å². The first-order chi connectivity index (χ1) is 17.0. The molecule has 0 bridgehead atoms. The summed E-state index contributed by atoms with van der Waals surface area (Å²) >= 11 is -0.0694. The predicted molar refractivity (Wildman–Crippen MR) is 130 cm³/mol. The van der Waals surface area contributed by atoms with Gasteiger partial charge in [-0.15, -0.1) is 3.89 Å². The molecule has 2 fully saturated rings. The zero-order valence-electron chi connectivity index (χ0n) is 18.5. The van der Waals surface area contributed by atoms with Crippen molar-refractivity contribution in [3.8, 4) is 28.4 Å². The van der Waals surface area contributed by atoms with E-state index < -0.39 is 11.9 Å². The third-order valence-electron chi connectivity index (χ3n) is 6.77. The van der Waals surface area contributed by atoms with Crippen molar-refractivity contribution in [1.82, 2.24) is 13.9 Å². The van der Waals surface area contributed by atoms with Crippen LogP contribution in [0.3, 0.4) is 0 Å². The molecule has 1 saturated heterocycles. The summed E-state index contributed by atoms with van der Waals surface area (Å²) < 4.78 is 42.0. The van der Waals surface area contributed by atoms with Crippen LogP contribution in [0.5, 0.6) is 5.88 Å². The monoisotopic (exact) mass is 496 g/mol. The smallest absolute Gasteiger partial charge is 0.208 e. The Kier molecular flexibility index (Phi) is 5.58. The lowest BCUT2D eigenvalue weighted by Gasteiger charge is -2.19. The van der Waals surface area contributed by atoms with Gasteiger partial charge in [-0.1, -0.05) is 24.3 Å². The number of pyridine rings is 2. The van der Waals surface area contributed by atoms with Gasteiger partial charge >= 0.3 is 0 Å². The van der Waals surface area contributed by atoms with Gasteiger partial charge in [-0.3, -0.25) is 4.98 Å². The lowest BCUT2D eigenvalue weighted by molar-refractivity contribution is 0.0150. The molecular weight excluding hydrogens is 474 g/mol. The zero-order valence-corrected chi connectivity index (χ0v) is 19.3. The van der Waals surface area contributed by atoms with Gasteiger partial charge in [-0.2, -0.15) is 0 Å². The van der Waals surface area contributed by atoms with Crippen LogP contribution in [0.4, 0.5) is 14.0 Å². The molecule has 1 unspecified atom stereocenters. The average Bonchev–Trinajstić information content (AvgIpc) is 3.54. The summed E-state index contributed by atoms with van der Waals surface area (Å²) in [7, 11) is 0. The fourth-order valence-corrected chi connectivity index (χ4v) is 5.39.